The number of nitrogens with two attached hydrogens (primary N) is 2. The van der Waals surface area contributed by atoms with Crippen molar-refractivity contribution in [1.82, 2.24) is 0 Å². The lowest BCUT2D eigenvalue weighted by atomic mass is 11.4. The van der Waals surface area contributed by atoms with Crippen molar-refractivity contribution >= 4 is 0 Å². The summed E-state index contributed by atoms with van der Waals surface area (Å²) in [7, 11) is 0. The molecule has 0 aromatic carbocycles. The van der Waals surface area contributed by atoms with Crippen LogP contribution < -0.4 is 11.6 Å². The molecule has 0 aromatic heterocycles. The van der Waals surface area contributed by atoms with Gasteiger partial charge in [0.2, 0.25) is 0 Å². The van der Waals surface area contributed by atoms with Gasteiger partial charge in [-0.2, -0.15) is 0 Å². The first-order chi connectivity index (χ1) is 2.41. The Labute approximate surface area is 30.0 Å². The van der Waals surface area contributed by atoms with E-state index in [0.717, 1.165) is 0 Å². The molecule has 6 N–H and O–H groups in total. The maximum atomic E-state index is 7.35. The van der Waals surface area contributed by atoms with E-state index in [1.807, 2.05) is 0 Å². The Bertz CT molecular complexity index is 7.61. The summed E-state index contributed by atoms with van der Waals surface area (Å²) in [5.74, 6) is 3.50. The van der Waals surface area contributed by atoms with Crippen LogP contribution in [0.3, 0.4) is 0 Å². The van der Waals surface area contributed by atoms with E-state index >= 15 is 0 Å². The number of hydrogen-bond donors (Lipinski definition) is 4. The zero-order valence-electron chi connectivity index (χ0n) is 2.76. The van der Waals surface area contributed by atoms with Gasteiger partial charge in [-0.15, -0.1) is 0 Å². The quantitative estimate of drug-likeness (QED) is 0.204. The zero-order valence-corrected chi connectivity index (χ0v) is 2.76. The Hall–Kier alpha value is -0.160. The molecular weight excluding hydrogens is 72.0 g/mol. The van der Waals surface area contributed by atoms with Crippen LogP contribution in [-0.2, 0) is 0 Å². The molecule has 0 spiro atoms. The van der Waals surface area contributed by atoms with Crippen molar-refractivity contribution < 1.29 is 10.3 Å². The number of rotatable bonds is 0. The molecule has 0 fully saturated rings. The van der Waals surface area contributed by atoms with Gasteiger partial charge in [-0.3, -0.25) is 0 Å². The third-order valence-electron chi connectivity index (χ3n) is 0. The maximum absolute atomic E-state index is 7.35. The lowest BCUT2D eigenvalue weighted by Gasteiger charge is -1.56. The molecule has 0 rings (SSSR count). The molecule has 0 unspecified atom stereocenters. The molecule has 0 heterocycles. The van der Waals surface area contributed by atoms with Gasteiger partial charge in [-0.25, -0.2) is 5.90 Å². The van der Waals surface area contributed by atoms with Crippen molar-refractivity contribution in [2.45, 2.75) is 0 Å². The molecule has 0 saturated heterocycles. The molecule has 0 radical (unpaired) electrons. The summed E-state index contributed by atoms with van der Waals surface area (Å²) >= 11 is 0. The van der Waals surface area contributed by atoms with E-state index in [9.17, 15) is 0 Å². The Morgan fingerprint density at radius 3 is 1.40 bits per heavy atom. The van der Waals surface area contributed by atoms with Gasteiger partial charge in [0.15, 0.2) is 0 Å². The summed E-state index contributed by atoms with van der Waals surface area (Å²) in [5.41, 5.74) is 4.40. The molecule has 0 amide bonds. The standard InChI is InChI=1S/CH5NO.H3NO/c2-1-3;1-2/h3H,1-2H2;2H,1H2. The minimum Gasteiger partial charge on any atom is -0.382 e. The molecule has 0 aliphatic rings. The zero-order chi connectivity index (χ0) is 4.71. The normalized spacial score (nSPS) is 4.80. The van der Waals surface area contributed by atoms with E-state index in [-0.39, 0.29) is 6.73 Å². The second-order valence-corrected chi connectivity index (χ2v) is 0.183. The van der Waals surface area contributed by atoms with Gasteiger partial charge in [0.1, 0.15) is 0 Å². The molecule has 0 bridgehead atoms. The maximum Gasteiger partial charge on any atom is 0.0906 e. The average Bonchev–Trinajstić information content (AvgIpc) is 1.46. The van der Waals surface area contributed by atoms with Gasteiger partial charge in [-0.05, 0) is 0 Å². The van der Waals surface area contributed by atoms with E-state index < -0.39 is 0 Å². The van der Waals surface area contributed by atoms with Gasteiger partial charge in [0.25, 0.3) is 0 Å². The highest BCUT2D eigenvalue weighted by atomic mass is 16.4. The van der Waals surface area contributed by atoms with Crippen molar-refractivity contribution in [1.29, 1.82) is 0 Å². The van der Waals surface area contributed by atoms with Crippen molar-refractivity contribution in [3.63, 3.8) is 0 Å². The highest BCUT2D eigenvalue weighted by Gasteiger charge is 1.30. The van der Waals surface area contributed by atoms with Crippen LogP contribution >= 0.6 is 0 Å². The number of aliphatic hydroxyl groups excluding tert-OH is 1. The summed E-state index contributed by atoms with van der Waals surface area (Å²) in [4.78, 5) is 0. The molecule has 4 nitrogen and oxygen atoms in total. The van der Waals surface area contributed by atoms with Crippen molar-refractivity contribution in [2.24, 2.45) is 11.6 Å². The second-order valence-electron chi connectivity index (χ2n) is 0.183. The topological polar surface area (TPSA) is 92.5 Å². The predicted octanol–water partition coefficient (Wildman–Crippen LogP) is -1.77. The van der Waals surface area contributed by atoms with Crippen molar-refractivity contribution in [3.8, 4) is 0 Å². The Morgan fingerprint density at radius 1 is 1.40 bits per heavy atom. The van der Waals surface area contributed by atoms with Gasteiger partial charge in [0, 0.05) is 0 Å². The lowest BCUT2D eigenvalue weighted by Crippen LogP contribution is -1.92. The summed E-state index contributed by atoms with van der Waals surface area (Å²) in [6, 6.07) is 0. The number of aliphatic hydroxyl groups is 1. The molecule has 0 atom stereocenters. The van der Waals surface area contributed by atoms with Crippen LogP contribution in [0.4, 0.5) is 0 Å². The van der Waals surface area contributed by atoms with E-state index in [4.69, 9.17) is 10.3 Å². The fourth-order valence-corrected chi connectivity index (χ4v) is 0. The highest BCUT2D eigenvalue weighted by molar-refractivity contribution is 3.76. The molecular formula is CH8N2O2. The summed E-state index contributed by atoms with van der Waals surface area (Å²) < 4.78 is 0. The Balaban J connectivity index is 0. The molecule has 34 valence electrons. The first kappa shape index (κ1) is 8.85. The SMILES string of the molecule is NCO.NO. The summed E-state index contributed by atoms with van der Waals surface area (Å²) in [5, 5.41) is 13.8. The summed E-state index contributed by atoms with van der Waals surface area (Å²) in [6.45, 7) is -0.250. The number of hydrogen-bond acceptors (Lipinski definition) is 4. The van der Waals surface area contributed by atoms with Crippen LogP contribution in [0.5, 0.6) is 0 Å². The first-order valence-corrected chi connectivity index (χ1v) is 0.983. The minimum atomic E-state index is -0.250. The van der Waals surface area contributed by atoms with E-state index in [1.165, 1.54) is 0 Å². The molecule has 5 heavy (non-hydrogen) atoms. The average molecular weight is 80.1 g/mol. The smallest absolute Gasteiger partial charge is 0.0906 e. The third kappa shape index (κ3) is 508. The third-order valence-corrected chi connectivity index (χ3v) is 0. The first-order valence-electron chi connectivity index (χ1n) is 0.983. The second kappa shape index (κ2) is 43.9. The fourth-order valence-electron chi connectivity index (χ4n) is 0. The fraction of sp³-hybridized carbons (Fsp3) is 1.00. The van der Waals surface area contributed by atoms with Gasteiger partial charge in [-0.1, -0.05) is 0 Å². The van der Waals surface area contributed by atoms with E-state index in [1.54, 1.807) is 0 Å². The minimum absolute atomic E-state index is 0.250. The van der Waals surface area contributed by atoms with Crippen LogP contribution in [0.15, 0.2) is 0 Å². The van der Waals surface area contributed by atoms with Crippen LogP contribution in [0.25, 0.3) is 0 Å². The van der Waals surface area contributed by atoms with Crippen molar-refractivity contribution in [2.75, 3.05) is 6.73 Å². The van der Waals surface area contributed by atoms with Gasteiger partial charge in [0.05, 0.1) is 6.73 Å². The molecule has 0 aliphatic heterocycles. The monoisotopic (exact) mass is 80.1 g/mol. The predicted molar refractivity (Wildman–Crippen MR) is 17.2 cm³/mol. The van der Waals surface area contributed by atoms with Gasteiger partial charge < -0.3 is 16.0 Å². The molecule has 0 saturated carbocycles. The van der Waals surface area contributed by atoms with Crippen LogP contribution in [-0.4, -0.2) is 17.0 Å². The Morgan fingerprint density at radius 2 is 1.40 bits per heavy atom. The Kier molecular flexibility index (Phi) is 77.7. The largest absolute Gasteiger partial charge is 0.382 e. The van der Waals surface area contributed by atoms with Crippen LogP contribution in [0, 0.1) is 0 Å². The van der Waals surface area contributed by atoms with Gasteiger partial charge >= 0.3 is 0 Å². The van der Waals surface area contributed by atoms with Crippen LogP contribution in [0.1, 0.15) is 0 Å². The van der Waals surface area contributed by atoms with E-state index in [0.29, 0.717) is 0 Å². The molecule has 4 heteroatoms. The summed E-state index contributed by atoms with van der Waals surface area (Å²) in [6.07, 6.45) is 0. The molecule has 0 aromatic rings. The highest BCUT2D eigenvalue weighted by Crippen LogP contribution is 1.04. The molecule has 0 aliphatic carbocycles. The van der Waals surface area contributed by atoms with Crippen LogP contribution in [0.2, 0.25) is 0 Å². The van der Waals surface area contributed by atoms with E-state index in [2.05, 4.69) is 11.6 Å². The van der Waals surface area contributed by atoms with Crippen molar-refractivity contribution in [3.05, 3.63) is 0 Å². The lowest BCUT2D eigenvalue weighted by molar-refractivity contribution is 0.307.